The summed E-state index contributed by atoms with van der Waals surface area (Å²) in [7, 11) is 0. The molecule has 0 spiro atoms. The highest BCUT2D eigenvalue weighted by molar-refractivity contribution is 6.41. The summed E-state index contributed by atoms with van der Waals surface area (Å²) in [6, 6.07) is 2.82. The lowest BCUT2D eigenvalue weighted by Gasteiger charge is -2.16. The van der Waals surface area contributed by atoms with Gasteiger partial charge in [0.25, 0.3) is 0 Å². The van der Waals surface area contributed by atoms with Crippen LogP contribution in [0.25, 0.3) is 0 Å². The van der Waals surface area contributed by atoms with Crippen molar-refractivity contribution < 1.29 is 9.90 Å². The van der Waals surface area contributed by atoms with Crippen molar-refractivity contribution in [1.82, 2.24) is 0 Å². The summed E-state index contributed by atoms with van der Waals surface area (Å²) in [6.45, 7) is 1.73. The van der Waals surface area contributed by atoms with Crippen LogP contribution in [0.4, 0.5) is 5.69 Å². The molecule has 16 heavy (non-hydrogen) atoms. The SMILES string of the molecule is CC(CC(=O)O)Nc1c(Cl)cc(Cl)cc1Cl. The predicted octanol–water partition coefficient (Wildman–Crippen LogP) is 3.92. The van der Waals surface area contributed by atoms with E-state index >= 15 is 0 Å². The zero-order valence-corrected chi connectivity index (χ0v) is 10.7. The van der Waals surface area contributed by atoms with E-state index in [4.69, 9.17) is 39.9 Å². The van der Waals surface area contributed by atoms with Crippen LogP contribution in [0.3, 0.4) is 0 Å². The molecule has 88 valence electrons. The number of hydrogen-bond donors (Lipinski definition) is 2. The van der Waals surface area contributed by atoms with Gasteiger partial charge < -0.3 is 10.4 Å². The Hall–Kier alpha value is -0.640. The third-order valence-electron chi connectivity index (χ3n) is 1.88. The standard InChI is InChI=1S/C10H10Cl3NO2/c1-5(2-9(15)16)14-10-7(12)3-6(11)4-8(10)13/h3-5,14H,2H2,1H3,(H,15,16). The Labute approximate surface area is 108 Å². The Balaban J connectivity index is 2.85. The molecule has 0 amide bonds. The van der Waals surface area contributed by atoms with Crippen molar-refractivity contribution in [3.8, 4) is 0 Å². The first kappa shape index (κ1) is 13.4. The highest BCUT2D eigenvalue weighted by atomic mass is 35.5. The van der Waals surface area contributed by atoms with Gasteiger partial charge in [0, 0.05) is 11.1 Å². The largest absolute Gasteiger partial charge is 0.481 e. The highest BCUT2D eigenvalue weighted by Crippen LogP contribution is 2.34. The van der Waals surface area contributed by atoms with Gasteiger partial charge in [0.1, 0.15) is 0 Å². The smallest absolute Gasteiger partial charge is 0.305 e. The second-order valence-electron chi connectivity index (χ2n) is 3.39. The van der Waals surface area contributed by atoms with Crippen LogP contribution < -0.4 is 5.32 Å². The lowest BCUT2D eigenvalue weighted by atomic mass is 10.2. The van der Waals surface area contributed by atoms with Gasteiger partial charge in [-0.05, 0) is 19.1 Å². The molecule has 1 aromatic rings. The monoisotopic (exact) mass is 281 g/mol. The summed E-state index contributed by atoms with van der Waals surface area (Å²) in [6.07, 6.45) is -0.0186. The molecule has 0 bridgehead atoms. The van der Waals surface area contributed by atoms with Crippen LogP contribution in [0.15, 0.2) is 12.1 Å². The normalized spacial score (nSPS) is 12.2. The Morgan fingerprint density at radius 3 is 2.31 bits per heavy atom. The van der Waals surface area contributed by atoms with Crippen LogP contribution >= 0.6 is 34.8 Å². The molecular weight excluding hydrogens is 272 g/mol. The number of aliphatic carboxylic acids is 1. The van der Waals surface area contributed by atoms with Gasteiger partial charge in [-0.1, -0.05) is 34.8 Å². The molecule has 1 unspecified atom stereocenters. The number of rotatable bonds is 4. The first-order chi connectivity index (χ1) is 7.40. The fourth-order valence-corrected chi connectivity index (χ4v) is 2.17. The third kappa shape index (κ3) is 3.74. The summed E-state index contributed by atoms with van der Waals surface area (Å²) in [5, 5.41) is 12.7. The van der Waals surface area contributed by atoms with E-state index in [1.807, 2.05) is 0 Å². The lowest BCUT2D eigenvalue weighted by Crippen LogP contribution is -2.19. The van der Waals surface area contributed by atoms with Crippen LogP contribution in [0.5, 0.6) is 0 Å². The van der Waals surface area contributed by atoms with Crippen molar-refractivity contribution in [2.75, 3.05) is 5.32 Å². The zero-order valence-electron chi connectivity index (χ0n) is 8.43. The van der Waals surface area contributed by atoms with Crippen molar-refractivity contribution in [2.45, 2.75) is 19.4 Å². The van der Waals surface area contributed by atoms with Gasteiger partial charge in [0.05, 0.1) is 22.2 Å². The summed E-state index contributed by atoms with van der Waals surface area (Å²) in [4.78, 5) is 10.5. The minimum atomic E-state index is -0.888. The van der Waals surface area contributed by atoms with Crippen LogP contribution in [0.1, 0.15) is 13.3 Å². The topological polar surface area (TPSA) is 49.3 Å². The Bertz CT molecular complexity index is 386. The first-order valence-corrected chi connectivity index (χ1v) is 5.66. The fraction of sp³-hybridized carbons (Fsp3) is 0.300. The van der Waals surface area contributed by atoms with Crippen LogP contribution in [0.2, 0.25) is 15.1 Å². The minimum Gasteiger partial charge on any atom is -0.481 e. The van der Waals surface area contributed by atoms with Gasteiger partial charge in [-0.3, -0.25) is 4.79 Å². The fourth-order valence-electron chi connectivity index (χ4n) is 1.24. The van der Waals surface area contributed by atoms with Crippen molar-refractivity contribution in [2.24, 2.45) is 0 Å². The average molecular weight is 283 g/mol. The van der Waals surface area contributed by atoms with E-state index in [0.717, 1.165) is 0 Å². The summed E-state index contributed by atoms with van der Waals surface area (Å²) in [5.74, 6) is -0.888. The maximum atomic E-state index is 10.5. The Morgan fingerprint density at radius 1 is 1.38 bits per heavy atom. The Kier molecular flexibility index (Phi) is 4.71. The second-order valence-corrected chi connectivity index (χ2v) is 4.64. The van der Waals surface area contributed by atoms with Gasteiger partial charge in [-0.2, -0.15) is 0 Å². The van der Waals surface area contributed by atoms with E-state index in [-0.39, 0.29) is 12.5 Å². The molecule has 0 aromatic heterocycles. The van der Waals surface area contributed by atoms with Gasteiger partial charge in [-0.15, -0.1) is 0 Å². The van der Waals surface area contributed by atoms with E-state index in [2.05, 4.69) is 5.32 Å². The molecule has 0 saturated carbocycles. The molecule has 0 heterocycles. The Morgan fingerprint density at radius 2 is 1.88 bits per heavy atom. The molecule has 3 nitrogen and oxygen atoms in total. The lowest BCUT2D eigenvalue weighted by molar-refractivity contribution is -0.137. The van der Waals surface area contributed by atoms with E-state index in [1.54, 1.807) is 19.1 Å². The molecule has 1 rings (SSSR count). The van der Waals surface area contributed by atoms with Crippen LogP contribution in [-0.2, 0) is 4.79 Å². The van der Waals surface area contributed by atoms with E-state index in [0.29, 0.717) is 20.8 Å². The van der Waals surface area contributed by atoms with Gasteiger partial charge in [0.2, 0.25) is 0 Å². The quantitative estimate of drug-likeness (QED) is 0.880. The van der Waals surface area contributed by atoms with E-state index < -0.39 is 5.97 Å². The number of anilines is 1. The molecule has 0 fully saturated rings. The number of hydrogen-bond acceptors (Lipinski definition) is 2. The predicted molar refractivity (Wildman–Crippen MR) is 66.8 cm³/mol. The third-order valence-corrected chi connectivity index (χ3v) is 2.69. The molecule has 0 radical (unpaired) electrons. The van der Waals surface area contributed by atoms with Gasteiger partial charge >= 0.3 is 5.97 Å². The van der Waals surface area contributed by atoms with Crippen LogP contribution in [-0.4, -0.2) is 17.1 Å². The summed E-state index contributed by atoms with van der Waals surface area (Å²) < 4.78 is 0. The molecule has 0 saturated heterocycles. The van der Waals surface area contributed by atoms with E-state index in [9.17, 15) is 4.79 Å². The average Bonchev–Trinajstić information content (AvgIpc) is 2.09. The maximum Gasteiger partial charge on any atom is 0.305 e. The first-order valence-electron chi connectivity index (χ1n) is 4.53. The second kappa shape index (κ2) is 5.62. The van der Waals surface area contributed by atoms with Crippen molar-refractivity contribution in [1.29, 1.82) is 0 Å². The number of halogens is 3. The zero-order chi connectivity index (χ0) is 12.3. The molecule has 6 heteroatoms. The molecule has 1 atom stereocenters. The number of carboxylic acids is 1. The minimum absolute atomic E-state index is 0.0186. The number of nitrogens with one attached hydrogen (secondary N) is 1. The molecule has 0 aliphatic rings. The highest BCUT2D eigenvalue weighted by Gasteiger charge is 2.12. The van der Waals surface area contributed by atoms with Crippen molar-refractivity contribution in [3.05, 3.63) is 27.2 Å². The van der Waals surface area contributed by atoms with Crippen molar-refractivity contribution >= 4 is 46.5 Å². The molecule has 2 N–H and O–H groups in total. The maximum absolute atomic E-state index is 10.5. The molecular formula is C10H10Cl3NO2. The molecule has 1 aromatic carbocycles. The summed E-state index contributed by atoms with van der Waals surface area (Å²) in [5.41, 5.74) is 0.501. The number of carboxylic acid groups (broad SMARTS) is 1. The molecule has 0 aliphatic carbocycles. The number of benzene rings is 1. The van der Waals surface area contributed by atoms with Crippen molar-refractivity contribution in [3.63, 3.8) is 0 Å². The van der Waals surface area contributed by atoms with Crippen LogP contribution in [0, 0.1) is 0 Å². The van der Waals surface area contributed by atoms with E-state index in [1.165, 1.54) is 0 Å². The number of carbonyl (C=O) groups is 1. The summed E-state index contributed by atoms with van der Waals surface area (Å²) >= 11 is 17.6. The van der Waals surface area contributed by atoms with Gasteiger partial charge in [-0.25, -0.2) is 0 Å². The molecule has 0 aliphatic heterocycles. The van der Waals surface area contributed by atoms with Gasteiger partial charge in [0.15, 0.2) is 0 Å².